The van der Waals surface area contributed by atoms with Crippen molar-refractivity contribution in [1.29, 1.82) is 0 Å². The Hall–Kier alpha value is -1.12. The summed E-state index contributed by atoms with van der Waals surface area (Å²) < 4.78 is 0. The molecule has 1 saturated carbocycles. The smallest absolute Gasteiger partial charge is 0.684 e. The number of rotatable bonds is 8. The van der Waals surface area contributed by atoms with Crippen molar-refractivity contribution in [3.8, 4) is 0 Å². The van der Waals surface area contributed by atoms with Crippen LogP contribution in [-0.4, -0.2) is 27.2 Å². The van der Waals surface area contributed by atoms with Crippen molar-refractivity contribution in [2.45, 2.75) is 33.6 Å². The van der Waals surface area contributed by atoms with E-state index in [4.69, 9.17) is 10.6 Å². The van der Waals surface area contributed by atoms with Crippen LogP contribution in [0, 0.1) is 29.6 Å². The second-order valence-electron chi connectivity index (χ2n) is 8.13. The molecule has 4 atom stereocenters. The normalized spacial score (nSPS) is 23.1. The topological polar surface area (TPSA) is 42.3 Å². The summed E-state index contributed by atoms with van der Waals surface area (Å²) in [5.41, 5.74) is 2.20. The minimum atomic E-state index is 0. The Bertz CT molecular complexity index is 607. The van der Waals surface area contributed by atoms with Crippen molar-refractivity contribution in [2.24, 2.45) is 23.7 Å². The van der Waals surface area contributed by atoms with E-state index in [0.29, 0.717) is 11.8 Å². The van der Waals surface area contributed by atoms with E-state index in [9.17, 15) is 0 Å². The van der Waals surface area contributed by atoms with E-state index >= 15 is 0 Å². The maximum absolute atomic E-state index is 4.76. The summed E-state index contributed by atoms with van der Waals surface area (Å²) >= 11 is 0. The van der Waals surface area contributed by atoms with Gasteiger partial charge in [0.15, 0.2) is 0 Å². The molecule has 0 heterocycles. The van der Waals surface area contributed by atoms with Gasteiger partial charge >= 0.3 is 26.2 Å². The fourth-order valence-corrected chi connectivity index (χ4v) is 4.55. The van der Waals surface area contributed by atoms with Crippen molar-refractivity contribution in [1.82, 2.24) is 0 Å². The monoisotopic (exact) mass is 481 g/mol. The average molecular weight is 483 g/mol. The predicted octanol–water partition coefficient (Wildman–Crippen LogP) is 7.91. The van der Waals surface area contributed by atoms with Crippen LogP contribution in [0.25, 0.3) is 16.0 Å². The largest absolute Gasteiger partial charge is 4.00 e. The van der Waals surface area contributed by atoms with E-state index in [1.165, 1.54) is 12.8 Å². The first-order chi connectivity index (χ1) is 14.1. The Morgan fingerprint density at radius 2 is 1.03 bits per heavy atom. The van der Waals surface area contributed by atoms with Crippen molar-refractivity contribution >= 4 is 11.4 Å². The zero-order chi connectivity index (χ0) is 21.1. The van der Waals surface area contributed by atoms with Crippen LogP contribution in [0.5, 0.6) is 0 Å². The zero-order valence-corrected chi connectivity index (χ0v) is 21.7. The molecule has 1 aliphatic carbocycles. The third-order valence-corrected chi connectivity index (χ3v) is 6.25. The van der Waals surface area contributed by atoms with Gasteiger partial charge in [-0.1, -0.05) is 99.2 Å². The van der Waals surface area contributed by atoms with E-state index in [-0.39, 0.29) is 26.2 Å². The molecule has 1 fully saturated rings. The molecule has 0 N–H and O–H groups in total. The Kier molecular flexibility index (Phi) is 13.3. The quantitative estimate of drug-likeness (QED) is 0.343. The van der Waals surface area contributed by atoms with Gasteiger partial charge in [0.1, 0.15) is 0 Å². The van der Waals surface area contributed by atoms with E-state index < -0.39 is 0 Å². The molecule has 0 bridgehead atoms. The number of nitrogens with zero attached hydrogens (tertiary/aromatic N) is 3. The molecule has 2 aromatic carbocycles. The first-order valence-corrected chi connectivity index (χ1v) is 10.8. The number of benzene rings is 2. The van der Waals surface area contributed by atoms with E-state index in [2.05, 4.69) is 74.6 Å². The van der Waals surface area contributed by atoms with Crippen molar-refractivity contribution < 1.29 is 26.2 Å². The Morgan fingerprint density at radius 3 is 1.37 bits per heavy atom. The Morgan fingerprint density at radius 1 is 0.700 bits per heavy atom. The summed E-state index contributed by atoms with van der Waals surface area (Å²) in [6.45, 7) is 9.07. The van der Waals surface area contributed by atoms with Crippen LogP contribution in [0.15, 0.2) is 60.7 Å². The molecule has 0 amide bonds. The van der Waals surface area contributed by atoms with Gasteiger partial charge in [0, 0.05) is 0 Å². The van der Waals surface area contributed by atoms with Crippen LogP contribution in [0.1, 0.15) is 33.6 Å². The molecule has 1 aliphatic rings. The summed E-state index contributed by atoms with van der Waals surface area (Å²) in [6, 6.07) is 20.7. The third kappa shape index (κ3) is 8.19. The molecule has 0 aromatic heterocycles. The van der Waals surface area contributed by atoms with Crippen LogP contribution in [0.2, 0.25) is 0 Å². The molecule has 4 heteroatoms. The molecule has 0 spiro atoms. The van der Waals surface area contributed by atoms with Gasteiger partial charge in [0.05, 0.1) is 0 Å². The van der Waals surface area contributed by atoms with Gasteiger partial charge in [-0.05, 0) is 0 Å². The SMILES string of the molecule is C[C-]1C(CC[N-]c2ccccc2)C(C)C(C)C1CC[N-]c1ccccc1.C[N-]C.[Zr+4]. The fraction of sp³-hybridized carbons (Fsp3) is 0.500. The first kappa shape index (κ1) is 26.9. The summed E-state index contributed by atoms with van der Waals surface area (Å²) in [6.07, 6.45) is 2.33. The molecule has 3 rings (SSSR count). The van der Waals surface area contributed by atoms with Gasteiger partial charge in [0.2, 0.25) is 0 Å². The van der Waals surface area contributed by atoms with Crippen LogP contribution < -0.4 is 0 Å². The maximum atomic E-state index is 4.76. The predicted molar refractivity (Wildman–Crippen MR) is 127 cm³/mol. The molecule has 0 radical (unpaired) electrons. The van der Waals surface area contributed by atoms with Crippen molar-refractivity contribution in [3.05, 3.63) is 82.5 Å². The molecule has 0 aliphatic heterocycles. The van der Waals surface area contributed by atoms with Crippen LogP contribution in [0.4, 0.5) is 11.4 Å². The molecule has 3 nitrogen and oxygen atoms in total. The second-order valence-corrected chi connectivity index (χ2v) is 8.13. The molecular weight excluding hydrogens is 446 g/mol. The van der Waals surface area contributed by atoms with Gasteiger partial charge in [-0.25, -0.2) is 0 Å². The van der Waals surface area contributed by atoms with Gasteiger partial charge in [-0.2, -0.15) is 32.9 Å². The molecule has 2 aromatic rings. The summed E-state index contributed by atoms with van der Waals surface area (Å²) in [4.78, 5) is 0. The summed E-state index contributed by atoms with van der Waals surface area (Å²) in [5.74, 6) is 4.54. The van der Waals surface area contributed by atoms with Gasteiger partial charge < -0.3 is 21.9 Å². The van der Waals surface area contributed by atoms with Crippen LogP contribution in [-0.2, 0) is 26.2 Å². The minimum absolute atomic E-state index is 0. The Labute approximate surface area is 203 Å². The van der Waals surface area contributed by atoms with Crippen LogP contribution in [0.3, 0.4) is 0 Å². The number of hydrogen-bond donors (Lipinski definition) is 0. The van der Waals surface area contributed by atoms with E-state index in [1.807, 2.05) is 12.1 Å². The van der Waals surface area contributed by atoms with Crippen molar-refractivity contribution in [2.75, 3.05) is 27.2 Å². The van der Waals surface area contributed by atoms with E-state index in [1.54, 1.807) is 20.0 Å². The molecule has 4 unspecified atom stereocenters. The summed E-state index contributed by atoms with van der Waals surface area (Å²) in [7, 11) is 3.50. The summed E-state index contributed by atoms with van der Waals surface area (Å²) in [5, 5.41) is 13.0. The molecular formula is C26H37N3Zr. The van der Waals surface area contributed by atoms with E-state index in [0.717, 1.165) is 36.3 Å². The number of hydrogen-bond acceptors (Lipinski definition) is 0. The molecule has 30 heavy (non-hydrogen) atoms. The average Bonchev–Trinajstić information content (AvgIpc) is 2.94. The van der Waals surface area contributed by atoms with Gasteiger partial charge in [-0.15, -0.1) is 24.5 Å². The number of para-hydroxylation sites is 2. The Balaban J connectivity index is 0.00000106. The van der Waals surface area contributed by atoms with Gasteiger partial charge in [0.25, 0.3) is 0 Å². The van der Waals surface area contributed by atoms with Crippen molar-refractivity contribution in [3.63, 3.8) is 0 Å². The molecule has 160 valence electrons. The fourth-order valence-electron chi connectivity index (χ4n) is 4.55. The minimum Gasteiger partial charge on any atom is -0.684 e. The standard InChI is InChI=1S/C24H31N2.C2H6N.Zr/c1-18-19(2)24(15-17-26-22-12-8-5-9-13-22)20(3)23(18)14-16-25-21-10-6-4-7-11-21;1-3-2;/h4-13,18-19,23-24H,14-17H2,1-3H3;1-2H3;/q-3;-1;+4. The van der Waals surface area contributed by atoms with Crippen LogP contribution >= 0.6 is 0 Å². The molecule has 0 saturated heterocycles. The second kappa shape index (κ2) is 14.8. The van der Waals surface area contributed by atoms with Gasteiger partial charge in [-0.3, -0.25) is 0 Å². The maximum Gasteiger partial charge on any atom is 4.00 e. The zero-order valence-electron chi connectivity index (χ0n) is 19.3. The third-order valence-electron chi connectivity index (χ3n) is 6.25. The first-order valence-electron chi connectivity index (χ1n) is 10.8.